The highest BCUT2D eigenvalue weighted by Crippen LogP contribution is 2.45. The van der Waals surface area contributed by atoms with Gasteiger partial charge in [-0.1, -0.05) is 128 Å². The lowest BCUT2D eigenvalue weighted by molar-refractivity contribution is 0.908. The van der Waals surface area contributed by atoms with Gasteiger partial charge < -0.3 is 0 Å². The third-order valence-electron chi connectivity index (χ3n) is 8.22. The van der Waals surface area contributed by atoms with Gasteiger partial charge in [0.15, 0.2) is 0 Å². The first kappa shape index (κ1) is 20.4. The highest BCUT2D eigenvalue weighted by Gasteiger charge is 2.18. The molecule has 0 aliphatic heterocycles. The van der Waals surface area contributed by atoms with Crippen LogP contribution in [0.5, 0.6) is 0 Å². The zero-order valence-electron chi connectivity index (χ0n) is 28.6. The lowest BCUT2D eigenvalue weighted by Gasteiger charge is -2.19. The maximum absolute atomic E-state index is 8.99. The number of rotatable bonds is 5. The van der Waals surface area contributed by atoms with Crippen molar-refractivity contribution in [1.82, 2.24) is 9.55 Å². The Bertz CT molecular complexity index is 2530. The predicted octanol–water partition coefficient (Wildman–Crippen LogP) is 10.9. The zero-order valence-corrected chi connectivity index (χ0v) is 23.6. The lowest BCUT2D eigenvalue weighted by Crippen LogP contribution is -2.00. The normalized spacial score (nSPS) is 13.1. The summed E-state index contributed by atoms with van der Waals surface area (Å²) in [5, 5.41) is 3.49. The summed E-state index contributed by atoms with van der Waals surface area (Å²) in [4.78, 5) is 4.91. The molecule has 0 N–H and O–H groups in total. The quantitative estimate of drug-likeness (QED) is 0.193. The van der Waals surface area contributed by atoms with Gasteiger partial charge >= 0.3 is 0 Å². The third-order valence-corrected chi connectivity index (χ3v) is 8.22. The number of fused-ring (bicyclic) bond motifs is 3. The number of nitrogens with zero attached hydrogens (tertiary/aromatic N) is 2. The van der Waals surface area contributed by atoms with Crippen LogP contribution in [0.2, 0.25) is 0 Å². The molecular weight excluding hydrogens is 520 g/mol. The van der Waals surface area contributed by atoms with Gasteiger partial charge in [0.2, 0.25) is 0 Å². The Hall–Kier alpha value is -5.47. The minimum Gasteiger partial charge on any atom is -0.296 e. The van der Waals surface area contributed by atoms with Crippen molar-refractivity contribution in [2.75, 3.05) is 0 Å². The monoisotopic (exact) mass is 555 g/mol. The van der Waals surface area contributed by atoms with Gasteiger partial charge in [0.1, 0.15) is 5.82 Å². The molecule has 204 valence electrons. The van der Waals surface area contributed by atoms with E-state index >= 15 is 0 Å². The van der Waals surface area contributed by atoms with Gasteiger partial charge in [0, 0.05) is 12.1 Å². The lowest BCUT2D eigenvalue weighted by atomic mass is 9.85. The van der Waals surface area contributed by atoms with E-state index in [9.17, 15) is 0 Å². The maximum atomic E-state index is 8.99. The summed E-state index contributed by atoms with van der Waals surface area (Å²) in [5.41, 5.74) is 7.86. The predicted molar refractivity (Wildman–Crippen MR) is 182 cm³/mol. The Kier molecular flexibility index (Phi) is 4.95. The average Bonchev–Trinajstić information content (AvgIpc) is 3.52. The van der Waals surface area contributed by atoms with Crippen LogP contribution >= 0.6 is 0 Å². The van der Waals surface area contributed by atoms with Gasteiger partial charge in [-0.3, -0.25) is 4.57 Å². The van der Waals surface area contributed by atoms with E-state index in [0.29, 0.717) is 5.56 Å². The fourth-order valence-electron chi connectivity index (χ4n) is 6.35. The molecule has 43 heavy (non-hydrogen) atoms. The SMILES string of the molecule is [2H]c1c([2H])c([2H])c(-c2c3ccccc3c(-c3cccc(-n4c(CC)nc5ccccc54)c3)c3ccc(-c4ccccc4)cc23)c([2H])c1[2H]. The molecule has 0 spiro atoms. The average molecular weight is 556 g/mol. The fraction of sp³-hybridized carbons (Fsp3) is 0.0488. The summed E-state index contributed by atoms with van der Waals surface area (Å²) in [6, 6.07) is 39.5. The van der Waals surface area contributed by atoms with E-state index in [4.69, 9.17) is 11.8 Å². The number of aromatic nitrogens is 2. The van der Waals surface area contributed by atoms with E-state index in [-0.39, 0.29) is 29.7 Å². The molecule has 1 heterocycles. The molecule has 1 aromatic heterocycles. The minimum absolute atomic E-state index is 0.199. The highest BCUT2D eigenvalue weighted by atomic mass is 15.1. The van der Waals surface area contributed by atoms with Gasteiger partial charge in [-0.05, 0) is 85.3 Å². The van der Waals surface area contributed by atoms with Crippen LogP contribution in [-0.2, 0) is 6.42 Å². The Balaban J connectivity index is 1.50. The van der Waals surface area contributed by atoms with Crippen LogP contribution in [0.3, 0.4) is 0 Å². The Labute approximate surface area is 258 Å². The molecule has 0 radical (unpaired) electrons. The molecule has 2 nitrogen and oxygen atoms in total. The van der Waals surface area contributed by atoms with Crippen LogP contribution in [0, 0.1) is 0 Å². The summed E-state index contributed by atoms with van der Waals surface area (Å²) in [7, 11) is 0. The van der Waals surface area contributed by atoms with Crippen LogP contribution in [-0.4, -0.2) is 9.55 Å². The third kappa shape index (κ3) is 4.23. The van der Waals surface area contributed by atoms with E-state index in [1.165, 1.54) is 0 Å². The van der Waals surface area contributed by atoms with Gasteiger partial charge in [-0.2, -0.15) is 0 Å². The number of hydrogen-bond donors (Lipinski definition) is 0. The van der Waals surface area contributed by atoms with Crippen LogP contribution in [0.4, 0.5) is 0 Å². The van der Waals surface area contributed by atoms with Crippen LogP contribution in [0.1, 0.15) is 19.6 Å². The largest absolute Gasteiger partial charge is 0.296 e. The smallest absolute Gasteiger partial charge is 0.114 e. The van der Waals surface area contributed by atoms with Crippen molar-refractivity contribution in [3.05, 3.63) is 157 Å². The van der Waals surface area contributed by atoms with Crippen molar-refractivity contribution in [3.8, 4) is 39.1 Å². The van der Waals surface area contributed by atoms with Crippen LogP contribution in [0.15, 0.2) is 152 Å². The van der Waals surface area contributed by atoms with Crippen LogP contribution in [0.25, 0.3) is 71.6 Å². The Morgan fingerprint density at radius 2 is 1.23 bits per heavy atom. The molecule has 0 atom stereocenters. The van der Waals surface area contributed by atoms with Crippen molar-refractivity contribution < 1.29 is 6.85 Å². The summed E-state index contributed by atoms with van der Waals surface area (Å²) in [5.74, 6) is 0.979. The summed E-state index contributed by atoms with van der Waals surface area (Å²) in [6.07, 6.45) is 0.778. The van der Waals surface area contributed by atoms with E-state index in [0.717, 1.165) is 72.8 Å². The minimum atomic E-state index is -0.403. The van der Waals surface area contributed by atoms with Crippen LogP contribution < -0.4 is 0 Å². The summed E-state index contributed by atoms with van der Waals surface area (Å²) >= 11 is 0. The number of benzene rings is 7. The van der Waals surface area contributed by atoms with Gasteiger partial charge in [-0.15, -0.1) is 0 Å². The van der Waals surface area contributed by atoms with E-state index in [1.54, 1.807) is 0 Å². The zero-order chi connectivity index (χ0) is 33.1. The second-order valence-corrected chi connectivity index (χ2v) is 10.7. The maximum Gasteiger partial charge on any atom is 0.114 e. The fourth-order valence-corrected chi connectivity index (χ4v) is 6.35. The number of aryl methyl sites for hydroxylation is 1. The molecule has 7 aromatic carbocycles. The molecule has 0 saturated heterocycles. The standard InChI is InChI=1S/C41H30N2/c1-2-39-42-37-22-11-12-23-38(37)43(39)32-19-13-18-31(26-32)41-34-21-10-9-20-33(34)40(29-16-7-4-8-17-29)36-27-30(24-25-35(36)41)28-14-5-3-6-15-28/h3-27H,2H2,1H3/i4D,7D,8D,16D,17D. The Morgan fingerprint density at radius 3 is 2.02 bits per heavy atom. The molecule has 0 fully saturated rings. The van der Waals surface area contributed by atoms with Gasteiger partial charge in [-0.25, -0.2) is 4.98 Å². The number of hydrogen-bond acceptors (Lipinski definition) is 1. The summed E-state index contributed by atoms with van der Waals surface area (Å²) in [6.45, 7) is 2.12. The van der Waals surface area contributed by atoms with Crippen molar-refractivity contribution in [2.45, 2.75) is 13.3 Å². The molecule has 2 heteroatoms. The highest BCUT2D eigenvalue weighted by molar-refractivity contribution is 6.22. The number of imidazole rings is 1. The molecule has 8 aromatic rings. The van der Waals surface area contributed by atoms with E-state index in [2.05, 4.69) is 78.2 Å². The second-order valence-electron chi connectivity index (χ2n) is 10.7. The molecule has 0 aliphatic rings. The second kappa shape index (κ2) is 10.4. The van der Waals surface area contributed by atoms with Crippen molar-refractivity contribution in [3.63, 3.8) is 0 Å². The molecule has 0 unspecified atom stereocenters. The molecule has 0 aliphatic carbocycles. The first-order valence-corrected chi connectivity index (χ1v) is 14.6. The molecular formula is C41H30N2. The first-order chi connectivity index (χ1) is 23.4. The van der Waals surface area contributed by atoms with Gasteiger partial charge in [0.25, 0.3) is 0 Å². The van der Waals surface area contributed by atoms with Gasteiger partial charge in [0.05, 0.1) is 17.9 Å². The first-order valence-electron chi connectivity index (χ1n) is 17.1. The molecule has 8 rings (SSSR count). The van der Waals surface area contributed by atoms with Crippen molar-refractivity contribution >= 4 is 32.6 Å². The molecule has 0 amide bonds. The van der Waals surface area contributed by atoms with Crippen molar-refractivity contribution in [1.29, 1.82) is 0 Å². The summed E-state index contributed by atoms with van der Waals surface area (Å²) < 4.78 is 45.5. The van der Waals surface area contributed by atoms with Crippen molar-refractivity contribution in [2.24, 2.45) is 0 Å². The Morgan fingerprint density at radius 1 is 0.558 bits per heavy atom. The molecule has 0 saturated carbocycles. The van der Waals surface area contributed by atoms with E-state index in [1.807, 2.05) is 54.6 Å². The topological polar surface area (TPSA) is 17.8 Å². The van der Waals surface area contributed by atoms with E-state index < -0.39 is 6.04 Å². The number of para-hydroxylation sites is 2. The molecule has 0 bridgehead atoms.